The van der Waals surface area contributed by atoms with Gasteiger partial charge in [-0.05, 0) is 39.8 Å². The van der Waals surface area contributed by atoms with Gasteiger partial charge in [0.05, 0.1) is 11.0 Å². The summed E-state index contributed by atoms with van der Waals surface area (Å²) in [6.07, 6.45) is 0. The molecule has 0 aliphatic carbocycles. The highest BCUT2D eigenvalue weighted by Crippen LogP contribution is 2.50. The van der Waals surface area contributed by atoms with Crippen molar-refractivity contribution in [1.29, 1.82) is 0 Å². The highest BCUT2D eigenvalue weighted by Gasteiger charge is 2.89. The molecule has 19 rings (SSSR count). The maximum absolute atomic E-state index is 9.17. The van der Waals surface area contributed by atoms with E-state index in [1.54, 1.807) is 0 Å². The fourth-order valence-corrected chi connectivity index (χ4v) is 76.6. The second-order valence-corrected chi connectivity index (χ2v) is 53.7. The van der Waals surface area contributed by atoms with Crippen LogP contribution in [-0.2, 0) is 49.4 Å². The molecule has 8 bridgehead atoms. The normalized spacial score (nSPS) is 27.8. The number of benzene rings is 12. The maximum atomic E-state index is 9.17. The van der Waals surface area contributed by atoms with Crippen molar-refractivity contribution in [2.24, 2.45) is 0 Å². The predicted molar refractivity (Wildman–Crippen MR) is 380 cm³/mol. The lowest BCUT2D eigenvalue weighted by Crippen LogP contribution is -3.00. The molecule has 0 saturated carbocycles. The average molecular weight is 1380 g/mol. The van der Waals surface area contributed by atoms with E-state index in [0.29, 0.717) is 36.3 Å². The Morgan fingerprint density at radius 1 is 0.202 bits per heavy atom. The Balaban J connectivity index is 1.07. The maximum Gasteiger partial charge on any atom is 0.515 e. The lowest BCUT2D eigenvalue weighted by molar-refractivity contribution is -0.00154. The predicted octanol–water partition coefficient (Wildman–Crippen LogP) is 7.46. The zero-order valence-corrected chi connectivity index (χ0v) is 59.3. The third-order valence-corrected chi connectivity index (χ3v) is 63.8. The van der Waals surface area contributed by atoms with Crippen LogP contribution in [0.3, 0.4) is 0 Å². The number of hydrogen-bond acceptors (Lipinski definition) is 12. The van der Waals surface area contributed by atoms with E-state index in [4.69, 9.17) is 37.0 Å². The van der Waals surface area contributed by atoms with Crippen molar-refractivity contribution in [3.8, 4) is 5.69 Å². The molecule has 0 unspecified atom stereocenters. The van der Waals surface area contributed by atoms with Crippen molar-refractivity contribution >= 4 is 151 Å². The molecule has 0 N–H and O–H groups in total. The van der Waals surface area contributed by atoms with Crippen LogP contribution in [0, 0.1) is 0 Å². The minimum Gasteiger partial charge on any atom is -0.372 e. The van der Waals surface area contributed by atoms with E-state index < -0.39 is 77.5 Å². The molecule has 1 aromatic heterocycles. The summed E-state index contributed by atoms with van der Waals surface area (Å²) in [6.45, 7) is 0. The molecule has 0 atom stereocenters. The van der Waals surface area contributed by atoms with Crippen molar-refractivity contribution in [1.82, 2.24) is 4.57 Å². The minimum atomic E-state index is -5.44. The van der Waals surface area contributed by atoms with Gasteiger partial charge in [-0.1, -0.05) is 322 Å². The molecule has 0 spiro atoms. The number of para-hydroxylation sites is 2. The molecule has 0 amide bonds. The first-order chi connectivity index (χ1) is 46.2. The topological polar surface area (TPSA) is 116 Å². The molecule has 22 heteroatoms. The Morgan fingerprint density at radius 3 is 0.702 bits per heavy atom. The van der Waals surface area contributed by atoms with E-state index in [1.807, 2.05) is 224 Å². The molecular formula is C72H57NO12Si9. The van der Waals surface area contributed by atoms with Crippen LogP contribution in [0.5, 0.6) is 0 Å². The summed E-state index contributed by atoms with van der Waals surface area (Å²) < 4.78 is 107. The lowest BCUT2D eigenvalue weighted by Gasteiger charge is -2.64. The zero-order chi connectivity index (χ0) is 62.5. The molecule has 7 heterocycles. The number of aromatic nitrogens is 1. The van der Waals surface area contributed by atoms with Crippen LogP contribution in [0.25, 0.3) is 27.5 Å². The summed E-state index contributed by atoms with van der Waals surface area (Å²) >= 11 is 0. The van der Waals surface area contributed by atoms with E-state index in [0.717, 1.165) is 43.1 Å². The molecule has 0 radical (unpaired) electrons. The zero-order valence-electron chi connectivity index (χ0n) is 50.3. The molecule has 6 aliphatic rings. The summed E-state index contributed by atoms with van der Waals surface area (Å²) in [7, 11) is -45.5. The van der Waals surface area contributed by atoms with Crippen molar-refractivity contribution in [3.05, 3.63) is 346 Å². The van der Waals surface area contributed by atoms with E-state index in [9.17, 15) is 12.3 Å². The lowest BCUT2D eigenvalue weighted by atomic mass is 10.2. The average Bonchev–Trinajstić information content (AvgIpc) is 0.734. The van der Waals surface area contributed by atoms with Gasteiger partial charge in [0, 0.05) is 52.8 Å². The van der Waals surface area contributed by atoms with Crippen LogP contribution in [0.2, 0.25) is 0 Å². The quantitative estimate of drug-likeness (QED) is 0.0894. The standard InChI is InChI=1S/C72H57NO12Si9/c1-10-34-59(35-11-1)86(60-36-12-2-13-37-60,68-52-32-33-58(57-68)73-71-55-30-28-53-69(71)70-54-29-31-56-72(70)73)94-83-91(65-46-22-7-23-47-65)77-88(62-40-16-4-17-41-62)74-87(61-38-14-3-15-39-61)75-89(79-91,63-42-18-5-19-43-63)81-93(85-94,67-50-26-9-27-51-67)82-90(76-87,64-44-20-6-21-45-64)80-92(78-88,84-94)66-48-24-8-25-49-66/h1-57H. The van der Waals surface area contributed by atoms with Gasteiger partial charge < -0.3 is 53.9 Å². The van der Waals surface area contributed by atoms with Crippen LogP contribution in [-0.4, -0.2) is 82.1 Å². The van der Waals surface area contributed by atoms with Crippen LogP contribution in [0.1, 0.15) is 0 Å². The summed E-state index contributed by atoms with van der Waals surface area (Å²) in [4.78, 5) is 0. The fourth-order valence-electron chi connectivity index (χ4n) is 14.1. The number of hydrogen-bond donors (Lipinski definition) is 0. The van der Waals surface area contributed by atoms with Crippen molar-refractivity contribution in [2.45, 2.75) is 0 Å². The molecule has 13 nitrogen and oxygen atoms in total. The van der Waals surface area contributed by atoms with Gasteiger partial charge in [0.1, 0.15) is 0 Å². The highest BCUT2D eigenvalue weighted by atomic mass is 29.3. The van der Waals surface area contributed by atoms with Crippen LogP contribution in [0.15, 0.2) is 346 Å². The van der Waals surface area contributed by atoms with Crippen LogP contribution < -0.4 is 51.9 Å². The number of rotatable bonds is 12. The molecule has 458 valence electrons. The Morgan fingerprint density at radius 2 is 0.426 bits per heavy atom. The summed E-state index contributed by atoms with van der Waals surface area (Å²) in [6, 6.07) is 116. The third kappa shape index (κ3) is 9.02. The van der Waals surface area contributed by atoms with Gasteiger partial charge in [-0.2, -0.15) is 0 Å². The fraction of sp³-hybridized carbons (Fsp3) is 0. The largest absolute Gasteiger partial charge is 0.515 e. The van der Waals surface area contributed by atoms with E-state index >= 15 is 0 Å². The van der Waals surface area contributed by atoms with Crippen LogP contribution in [0.4, 0.5) is 0 Å². The van der Waals surface area contributed by atoms with Gasteiger partial charge >= 0.3 is 70.0 Å². The van der Waals surface area contributed by atoms with Gasteiger partial charge in [0.15, 0.2) is 0 Å². The van der Waals surface area contributed by atoms with Crippen molar-refractivity contribution in [2.75, 3.05) is 0 Å². The molecular weight excluding hydrogens is 1320 g/mol. The second kappa shape index (κ2) is 22.5. The number of fused-ring (bicyclic) bond motifs is 3. The molecule has 13 aromatic rings. The smallest absolute Gasteiger partial charge is 0.372 e. The first-order valence-corrected chi connectivity index (χ1v) is 48.0. The monoisotopic (exact) mass is 1380 g/mol. The summed E-state index contributed by atoms with van der Waals surface area (Å²) in [5.74, 6) is 0. The van der Waals surface area contributed by atoms with Gasteiger partial charge in [-0.25, -0.2) is 0 Å². The number of nitrogens with zero attached hydrogens (tertiary/aromatic N) is 1. The highest BCUT2D eigenvalue weighted by molar-refractivity contribution is 7.53. The first-order valence-electron chi connectivity index (χ1n) is 31.2. The first kappa shape index (κ1) is 58.5. The molecule has 12 aromatic carbocycles. The summed E-state index contributed by atoms with van der Waals surface area (Å²) in [5.41, 5.74) is 2.97. The molecule has 94 heavy (non-hydrogen) atoms. The van der Waals surface area contributed by atoms with E-state index in [-0.39, 0.29) is 0 Å². The minimum absolute atomic E-state index is 0.545. The third-order valence-electron chi connectivity index (χ3n) is 18.1. The Bertz CT molecular complexity index is 4560. The molecule has 6 aliphatic heterocycles. The Kier molecular flexibility index (Phi) is 14.0. The van der Waals surface area contributed by atoms with Gasteiger partial charge in [0.2, 0.25) is 7.59 Å². The van der Waals surface area contributed by atoms with Gasteiger partial charge in [0.25, 0.3) is 0 Å². The summed E-state index contributed by atoms with van der Waals surface area (Å²) in [5, 5.41) is 8.68. The SMILES string of the molecule is c1ccc([Si]23O[Si]4(c5ccccc5)O[Si]5(c6ccccc6)O[Si](c6ccccc6)(O2)O[Si]2(c6ccccc6)O[Si](c6ccccc6)(O3)O[Si](c3ccccc3)(O4)O[Si]([Si](c3ccccc3)(c3ccccc3)c3cccc(-n4c6ccccc6c6ccccc64)c3)(O5)O2)cc1. The second-order valence-electron chi connectivity index (χ2n) is 23.6. The van der Waals surface area contributed by atoms with Crippen molar-refractivity contribution < 1.29 is 49.4 Å². The molecule has 6 fully saturated rings. The van der Waals surface area contributed by atoms with Crippen molar-refractivity contribution in [3.63, 3.8) is 0 Å². The van der Waals surface area contributed by atoms with Crippen LogP contribution >= 0.6 is 0 Å². The van der Waals surface area contributed by atoms with Gasteiger partial charge in [-0.3, -0.25) is 0 Å². The molecule has 6 saturated heterocycles. The van der Waals surface area contributed by atoms with E-state index in [1.165, 1.54) is 0 Å². The van der Waals surface area contributed by atoms with Gasteiger partial charge in [-0.15, -0.1) is 0 Å². The van der Waals surface area contributed by atoms with E-state index in [2.05, 4.69) is 126 Å². The Hall–Kier alpha value is -8.09. The Labute approximate surface area is 552 Å².